The molecule has 7 heteroatoms. The number of aryl methyl sites for hydroxylation is 1. The molecule has 192 valence electrons. The number of thiocarbonyl (C=S) groups is 1. The second-order valence-electron chi connectivity index (χ2n) is 10.8. The normalized spacial score (nSPS) is 29.3. The summed E-state index contributed by atoms with van der Waals surface area (Å²) in [4.78, 5) is 16.3. The topological polar surface area (TPSA) is 62.9 Å². The van der Waals surface area contributed by atoms with Crippen molar-refractivity contribution < 1.29 is 19.1 Å². The van der Waals surface area contributed by atoms with Crippen LogP contribution in [0.1, 0.15) is 57.3 Å². The molecule has 5 rings (SSSR count). The Labute approximate surface area is 223 Å². The highest BCUT2D eigenvalue weighted by atomic mass is 32.2. The zero-order valence-electron chi connectivity index (χ0n) is 21.2. The number of hydrogen-bond acceptors (Lipinski definition) is 6. The number of aliphatic hydroxyl groups excluding tert-OH is 1. The van der Waals surface area contributed by atoms with E-state index in [1.165, 1.54) is 37.4 Å². The smallest absolute Gasteiger partial charge is 0.266 e. The fraction of sp³-hybridized carbons (Fsp3) is 0.517. The fourth-order valence-corrected chi connectivity index (χ4v) is 7.94. The van der Waals surface area contributed by atoms with Crippen LogP contribution in [0.15, 0.2) is 39.7 Å². The van der Waals surface area contributed by atoms with Gasteiger partial charge in [-0.15, -0.1) is 0 Å². The zero-order chi connectivity index (χ0) is 25.4. The van der Waals surface area contributed by atoms with E-state index in [0.717, 1.165) is 16.9 Å². The highest BCUT2D eigenvalue weighted by molar-refractivity contribution is 8.26. The van der Waals surface area contributed by atoms with Gasteiger partial charge in [0, 0.05) is 24.3 Å². The Morgan fingerprint density at radius 1 is 1.17 bits per heavy atom. The van der Waals surface area contributed by atoms with Crippen LogP contribution in [0.2, 0.25) is 0 Å². The standard InChI is InChI=1S/C29H35NO4S2/c1-17-10-21-12-18(2)13-22(11-17)27(21)30-28(32)26(36-29(30)35)16-25-20(7-5-9-31)15-24(34-25)19-6-4-8-23(14-19)33-3/h4,6,8,14-18,21-22,27,31H,5,7,9-13H2,1-3H3/b26-16-. The van der Waals surface area contributed by atoms with E-state index in [9.17, 15) is 9.90 Å². The maximum atomic E-state index is 13.8. The predicted octanol–water partition coefficient (Wildman–Crippen LogP) is 6.54. The van der Waals surface area contributed by atoms with Gasteiger partial charge in [-0.1, -0.05) is 50.0 Å². The molecule has 0 atom stereocenters. The van der Waals surface area contributed by atoms with Gasteiger partial charge in [0.1, 0.15) is 21.6 Å². The number of amides is 1. The lowest BCUT2D eigenvalue weighted by molar-refractivity contribution is -0.128. The molecule has 1 aromatic heterocycles. The molecule has 0 radical (unpaired) electrons. The lowest BCUT2D eigenvalue weighted by atomic mass is 9.62. The number of fused-ring (bicyclic) bond motifs is 2. The van der Waals surface area contributed by atoms with Gasteiger partial charge in [-0.3, -0.25) is 9.69 Å². The van der Waals surface area contributed by atoms with Crippen molar-refractivity contribution in [2.75, 3.05) is 13.7 Å². The Bertz CT molecular complexity index is 1140. The SMILES string of the molecule is COc1cccc(-c2cc(CCCO)c(/C=C3\SC(=S)N(C4C5CC(C)CC4CC(C)C5)C3=O)o2)c1. The number of methoxy groups -OCH3 is 1. The average molecular weight is 526 g/mol. The number of carbonyl (C=O) groups is 1. The summed E-state index contributed by atoms with van der Waals surface area (Å²) in [6, 6.07) is 9.95. The summed E-state index contributed by atoms with van der Waals surface area (Å²) in [5.41, 5.74) is 1.88. The van der Waals surface area contributed by atoms with Crippen molar-refractivity contribution in [1.82, 2.24) is 4.90 Å². The first kappa shape index (κ1) is 25.6. The van der Waals surface area contributed by atoms with Crippen molar-refractivity contribution in [3.63, 3.8) is 0 Å². The van der Waals surface area contributed by atoms with Gasteiger partial charge in [-0.05, 0) is 86.0 Å². The molecule has 36 heavy (non-hydrogen) atoms. The fourth-order valence-electron chi connectivity index (χ4n) is 6.62. The Hall–Kier alpha value is -2.09. The average Bonchev–Trinajstić information content (AvgIpc) is 3.37. The second kappa shape index (κ2) is 10.7. The quantitative estimate of drug-likeness (QED) is 0.327. The minimum atomic E-state index is 0.0153. The van der Waals surface area contributed by atoms with Gasteiger partial charge in [0.25, 0.3) is 5.91 Å². The molecule has 2 aromatic rings. The van der Waals surface area contributed by atoms with E-state index in [-0.39, 0.29) is 18.6 Å². The largest absolute Gasteiger partial charge is 0.497 e. The Morgan fingerprint density at radius 3 is 2.50 bits per heavy atom. The summed E-state index contributed by atoms with van der Waals surface area (Å²) in [6.45, 7) is 4.80. The maximum Gasteiger partial charge on any atom is 0.266 e. The molecule has 1 amide bonds. The zero-order valence-corrected chi connectivity index (χ0v) is 22.9. The molecule has 0 unspecified atom stereocenters. The summed E-state index contributed by atoms with van der Waals surface area (Å²) in [6.07, 6.45) is 7.85. The Balaban J connectivity index is 1.45. The van der Waals surface area contributed by atoms with Gasteiger partial charge in [-0.25, -0.2) is 0 Å². The molecule has 2 saturated carbocycles. The minimum absolute atomic E-state index is 0.0153. The van der Waals surface area contributed by atoms with E-state index in [2.05, 4.69) is 13.8 Å². The molecular formula is C29H35NO4S2. The van der Waals surface area contributed by atoms with Crippen LogP contribution in [-0.2, 0) is 11.2 Å². The van der Waals surface area contributed by atoms with Gasteiger partial charge in [-0.2, -0.15) is 0 Å². The lowest BCUT2D eigenvalue weighted by Gasteiger charge is -2.50. The summed E-state index contributed by atoms with van der Waals surface area (Å²) >= 11 is 7.18. The molecule has 1 saturated heterocycles. The predicted molar refractivity (Wildman–Crippen MR) is 149 cm³/mol. The van der Waals surface area contributed by atoms with Crippen LogP contribution in [-0.4, -0.2) is 40.0 Å². The first-order valence-electron chi connectivity index (χ1n) is 13.0. The van der Waals surface area contributed by atoms with Gasteiger partial charge in [0.05, 0.1) is 12.0 Å². The number of benzene rings is 1. The van der Waals surface area contributed by atoms with Crippen molar-refractivity contribution in [2.45, 2.75) is 58.4 Å². The first-order valence-corrected chi connectivity index (χ1v) is 14.3. The number of aliphatic hydroxyl groups is 1. The van der Waals surface area contributed by atoms with Crippen molar-refractivity contribution in [3.05, 3.63) is 46.6 Å². The number of furan rings is 1. The Kier molecular flexibility index (Phi) is 7.61. The molecule has 3 aliphatic rings. The highest BCUT2D eigenvalue weighted by Crippen LogP contribution is 2.50. The van der Waals surface area contributed by atoms with E-state index in [0.29, 0.717) is 57.3 Å². The first-order chi connectivity index (χ1) is 17.4. The number of ether oxygens (including phenoxy) is 1. The summed E-state index contributed by atoms with van der Waals surface area (Å²) in [5, 5.41) is 9.42. The monoisotopic (exact) mass is 525 g/mol. The summed E-state index contributed by atoms with van der Waals surface area (Å²) in [7, 11) is 1.64. The summed E-state index contributed by atoms with van der Waals surface area (Å²) < 4.78 is 12.3. The van der Waals surface area contributed by atoms with E-state index in [4.69, 9.17) is 21.4 Å². The third kappa shape index (κ3) is 5.02. The lowest BCUT2D eigenvalue weighted by Crippen LogP contribution is -2.54. The van der Waals surface area contributed by atoms with Crippen LogP contribution in [0.25, 0.3) is 17.4 Å². The maximum absolute atomic E-state index is 13.8. The molecular weight excluding hydrogens is 490 g/mol. The number of hydrogen-bond donors (Lipinski definition) is 1. The molecule has 3 fully saturated rings. The van der Waals surface area contributed by atoms with E-state index in [1.807, 2.05) is 41.3 Å². The van der Waals surface area contributed by atoms with Crippen LogP contribution < -0.4 is 4.74 Å². The Morgan fingerprint density at radius 2 is 1.86 bits per heavy atom. The van der Waals surface area contributed by atoms with Crippen molar-refractivity contribution >= 4 is 40.3 Å². The van der Waals surface area contributed by atoms with Crippen molar-refractivity contribution in [1.29, 1.82) is 0 Å². The van der Waals surface area contributed by atoms with Crippen LogP contribution >= 0.6 is 24.0 Å². The molecule has 2 aliphatic carbocycles. The highest BCUT2D eigenvalue weighted by Gasteiger charge is 2.49. The molecule has 1 aromatic carbocycles. The number of rotatable bonds is 7. The summed E-state index contributed by atoms with van der Waals surface area (Å²) in [5.74, 6) is 4.61. The van der Waals surface area contributed by atoms with Crippen LogP contribution in [0.4, 0.5) is 0 Å². The molecule has 1 aliphatic heterocycles. The molecule has 5 nitrogen and oxygen atoms in total. The van der Waals surface area contributed by atoms with E-state index >= 15 is 0 Å². The van der Waals surface area contributed by atoms with Crippen LogP contribution in [0.5, 0.6) is 5.75 Å². The van der Waals surface area contributed by atoms with Crippen molar-refractivity contribution in [2.24, 2.45) is 23.7 Å². The van der Waals surface area contributed by atoms with E-state index in [1.54, 1.807) is 7.11 Å². The molecule has 0 spiro atoms. The second-order valence-corrected chi connectivity index (χ2v) is 12.5. The number of carbonyl (C=O) groups excluding carboxylic acids is 1. The van der Waals surface area contributed by atoms with Gasteiger partial charge in [0.2, 0.25) is 0 Å². The van der Waals surface area contributed by atoms with Crippen molar-refractivity contribution in [3.8, 4) is 17.1 Å². The molecule has 2 bridgehead atoms. The van der Waals surface area contributed by atoms with Crippen LogP contribution in [0.3, 0.4) is 0 Å². The van der Waals surface area contributed by atoms with E-state index < -0.39 is 0 Å². The van der Waals surface area contributed by atoms with Gasteiger partial charge in [0.15, 0.2) is 0 Å². The third-order valence-corrected chi connectivity index (χ3v) is 9.30. The third-order valence-electron chi connectivity index (χ3n) is 7.97. The minimum Gasteiger partial charge on any atom is -0.497 e. The number of nitrogens with zero attached hydrogens (tertiary/aromatic N) is 1. The van der Waals surface area contributed by atoms with Gasteiger partial charge >= 0.3 is 0 Å². The van der Waals surface area contributed by atoms with Gasteiger partial charge < -0.3 is 14.3 Å². The molecule has 2 heterocycles. The molecule has 1 N–H and O–H groups in total. The number of thioether (sulfide) groups is 1. The van der Waals surface area contributed by atoms with Crippen LogP contribution in [0, 0.1) is 23.7 Å².